The highest BCUT2D eigenvalue weighted by molar-refractivity contribution is 6.18. The van der Waals surface area contributed by atoms with E-state index in [4.69, 9.17) is 0 Å². The van der Waals surface area contributed by atoms with Gasteiger partial charge in [0, 0.05) is 27.2 Å². The van der Waals surface area contributed by atoms with Gasteiger partial charge in [0.25, 0.3) is 0 Å². The summed E-state index contributed by atoms with van der Waals surface area (Å²) in [6.07, 6.45) is -0.0586. The Morgan fingerprint density at radius 3 is 1.76 bits per heavy atom. The number of benzene rings is 6. The summed E-state index contributed by atoms with van der Waals surface area (Å²) in [6, 6.07) is 52.4. The summed E-state index contributed by atoms with van der Waals surface area (Å²) in [5, 5.41) is 12.9. The van der Waals surface area contributed by atoms with Crippen molar-refractivity contribution in [1.29, 1.82) is 0 Å². The Kier molecular flexibility index (Phi) is 4.99. The van der Waals surface area contributed by atoms with Crippen molar-refractivity contribution in [2.45, 2.75) is 12.2 Å². The van der Waals surface area contributed by atoms with Crippen LogP contribution in [0.25, 0.3) is 49.3 Å². The van der Waals surface area contributed by atoms with E-state index in [1.807, 2.05) is 0 Å². The lowest BCUT2D eigenvalue weighted by Gasteiger charge is -2.38. The Morgan fingerprint density at radius 2 is 1.00 bits per heavy atom. The molecule has 4 heteroatoms. The molecule has 8 aromatic rings. The Bertz CT molecular complexity index is 2260. The van der Waals surface area contributed by atoms with Crippen LogP contribution >= 0.6 is 0 Å². The van der Waals surface area contributed by atoms with Gasteiger partial charge in [-0.2, -0.15) is 0 Å². The minimum absolute atomic E-state index is 0.0239. The summed E-state index contributed by atoms with van der Waals surface area (Å²) < 4.78 is 4.92. The highest BCUT2D eigenvalue weighted by Crippen LogP contribution is 2.45. The van der Waals surface area contributed by atoms with Crippen molar-refractivity contribution in [3.05, 3.63) is 151 Å². The molecular weight excluding hydrogens is 512 g/mol. The van der Waals surface area contributed by atoms with E-state index >= 15 is 0 Å². The average molecular weight is 541 g/mol. The van der Waals surface area contributed by atoms with Crippen molar-refractivity contribution in [1.82, 2.24) is 9.13 Å². The van der Waals surface area contributed by atoms with Gasteiger partial charge in [-0.3, -0.25) is 0 Å². The Labute approximate surface area is 243 Å². The fraction of sp³-hybridized carbons (Fsp3) is 0.0526. The molecule has 2 atom stereocenters. The fourth-order valence-electron chi connectivity index (χ4n) is 6.98. The van der Waals surface area contributed by atoms with E-state index in [-0.39, 0.29) is 12.2 Å². The Balaban J connectivity index is 1.39. The number of rotatable bonds is 3. The lowest BCUT2D eigenvalue weighted by molar-refractivity contribution is 0.506. The summed E-state index contributed by atoms with van der Waals surface area (Å²) in [7, 11) is 0. The van der Waals surface area contributed by atoms with E-state index in [0.717, 1.165) is 11.4 Å². The first kappa shape index (κ1) is 23.2. The lowest BCUT2D eigenvalue weighted by atomic mass is 10.00. The van der Waals surface area contributed by atoms with Gasteiger partial charge >= 0.3 is 0 Å². The van der Waals surface area contributed by atoms with Crippen LogP contribution < -0.4 is 10.6 Å². The molecule has 42 heavy (non-hydrogen) atoms. The van der Waals surface area contributed by atoms with Crippen molar-refractivity contribution < 1.29 is 0 Å². The van der Waals surface area contributed by atoms with Gasteiger partial charge in [0.2, 0.25) is 0 Å². The van der Waals surface area contributed by atoms with Crippen molar-refractivity contribution in [2.24, 2.45) is 0 Å². The summed E-state index contributed by atoms with van der Waals surface area (Å²) in [5.74, 6) is 0. The Morgan fingerprint density at radius 1 is 0.429 bits per heavy atom. The average Bonchev–Trinajstić information content (AvgIpc) is 3.56. The number of para-hydroxylation sites is 5. The molecule has 0 spiro atoms. The van der Waals surface area contributed by atoms with E-state index in [1.165, 1.54) is 54.9 Å². The van der Waals surface area contributed by atoms with Crippen molar-refractivity contribution in [3.63, 3.8) is 0 Å². The molecule has 0 saturated carbocycles. The van der Waals surface area contributed by atoms with E-state index in [9.17, 15) is 0 Å². The van der Waals surface area contributed by atoms with Gasteiger partial charge in [0.1, 0.15) is 6.17 Å². The molecule has 0 amide bonds. The number of aromatic nitrogens is 2. The summed E-state index contributed by atoms with van der Waals surface area (Å²) in [5.41, 5.74) is 9.50. The highest BCUT2D eigenvalue weighted by Gasteiger charge is 2.32. The van der Waals surface area contributed by atoms with Crippen LogP contribution in [0.5, 0.6) is 0 Å². The highest BCUT2D eigenvalue weighted by atomic mass is 15.3. The molecule has 2 unspecified atom stereocenters. The molecule has 3 heterocycles. The molecule has 0 fully saturated rings. The predicted octanol–water partition coefficient (Wildman–Crippen LogP) is 9.67. The fourth-order valence-corrected chi connectivity index (χ4v) is 6.98. The SMILES string of the molecule is c1ccc(C2Nc3ccccc3NC2n2c3ccccc3c3cc4c5ccccc5n(-c5ccccc5)c4cc32)cc1. The normalized spacial score (nSPS) is 16.5. The number of anilines is 2. The molecular formula is C38H28N4. The standard InChI is InChI=1S/C38H28N4/c1-3-13-25(14-4-1)37-38(40-32-20-10-9-19-31(32)39-37)42-34-22-12-8-18-28(34)30-23-29-27-17-7-11-21-33(27)41(35(29)24-36(30)42)26-15-5-2-6-16-26/h1-24,37-40H. The Hall–Kier alpha value is -5.48. The third-order valence-electron chi connectivity index (χ3n) is 8.81. The molecule has 200 valence electrons. The van der Waals surface area contributed by atoms with Crippen LogP contribution in [0, 0.1) is 0 Å². The molecule has 0 radical (unpaired) electrons. The zero-order valence-corrected chi connectivity index (χ0v) is 22.9. The molecule has 2 aromatic heterocycles. The maximum absolute atomic E-state index is 3.95. The monoisotopic (exact) mass is 540 g/mol. The minimum Gasteiger partial charge on any atom is -0.373 e. The molecule has 6 aromatic carbocycles. The molecule has 0 bridgehead atoms. The number of fused-ring (bicyclic) bond motifs is 7. The van der Waals surface area contributed by atoms with Crippen molar-refractivity contribution in [3.8, 4) is 5.69 Å². The van der Waals surface area contributed by atoms with E-state index < -0.39 is 0 Å². The number of hydrogen-bond acceptors (Lipinski definition) is 2. The van der Waals surface area contributed by atoms with Crippen LogP contribution in [0.15, 0.2) is 146 Å². The molecule has 9 rings (SSSR count). The first-order chi connectivity index (χ1) is 20.8. The topological polar surface area (TPSA) is 33.9 Å². The van der Waals surface area contributed by atoms with Gasteiger partial charge < -0.3 is 19.8 Å². The van der Waals surface area contributed by atoms with Gasteiger partial charge in [-0.25, -0.2) is 0 Å². The predicted molar refractivity (Wildman–Crippen MR) is 176 cm³/mol. The quantitative estimate of drug-likeness (QED) is 0.234. The van der Waals surface area contributed by atoms with Crippen LogP contribution in [-0.4, -0.2) is 9.13 Å². The maximum atomic E-state index is 3.95. The van der Waals surface area contributed by atoms with Crippen LogP contribution in [-0.2, 0) is 0 Å². The van der Waals surface area contributed by atoms with E-state index in [0.29, 0.717) is 0 Å². The largest absolute Gasteiger partial charge is 0.373 e. The smallest absolute Gasteiger partial charge is 0.129 e. The summed E-state index contributed by atoms with van der Waals surface area (Å²) in [6.45, 7) is 0. The number of hydrogen-bond donors (Lipinski definition) is 2. The van der Waals surface area contributed by atoms with Crippen LogP contribution in [0.3, 0.4) is 0 Å². The molecule has 2 N–H and O–H groups in total. The van der Waals surface area contributed by atoms with Crippen LogP contribution in [0.4, 0.5) is 11.4 Å². The lowest BCUT2D eigenvalue weighted by Crippen LogP contribution is -2.34. The van der Waals surface area contributed by atoms with Gasteiger partial charge in [-0.1, -0.05) is 97.1 Å². The van der Waals surface area contributed by atoms with Crippen LogP contribution in [0.2, 0.25) is 0 Å². The first-order valence-corrected chi connectivity index (χ1v) is 14.5. The molecule has 0 saturated heterocycles. The summed E-state index contributed by atoms with van der Waals surface area (Å²) >= 11 is 0. The van der Waals surface area contributed by atoms with Crippen molar-refractivity contribution in [2.75, 3.05) is 10.6 Å². The third-order valence-corrected chi connectivity index (χ3v) is 8.81. The second kappa shape index (κ2) is 9.02. The first-order valence-electron chi connectivity index (χ1n) is 14.5. The number of nitrogens with one attached hydrogen (secondary N) is 2. The van der Waals surface area contributed by atoms with E-state index in [2.05, 4.69) is 165 Å². The van der Waals surface area contributed by atoms with Crippen molar-refractivity contribution >= 4 is 55.0 Å². The zero-order valence-electron chi connectivity index (χ0n) is 22.9. The van der Waals surface area contributed by atoms with E-state index in [1.54, 1.807) is 0 Å². The second-order valence-corrected chi connectivity index (χ2v) is 11.1. The minimum atomic E-state index is -0.0586. The second-order valence-electron chi connectivity index (χ2n) is 11.1. The number of nitrogens with zero attached hydrogens (tertiary/aromatic N) is 2. The maximum Gasteiger partial charge on any atom is 0.129 e. The molecule has 4 nitrogen and oxygen atoms in total. The van der Waals surface area contributed by atoms with Gasteiger partial charge in [0.15, 0.2) is 0 Å². The molecule has 0 aliphatic carbocycles. The summed E-state index contributed by atoms with van der Waals surface area (Å²) in [4.78, 5) is 0. The van der Waals surface area contributed by atoms with Crippen LogP contribution in [0.1, 0.15) is 17.8 Å². The van der Waals surface area contributed by atoms with Gasteiger partial charge in [0.05, 0.1) is 39.5 Å². The van der Waals surface area contributed by atoms with Gasteiger partial charge in [-0.15, -0.1) is 0 Å². The molecule has 1 aliphatic rings. The zero-order chi connectivity index (χ0) is 27.6. The molecule has 1 aliphatic heterocycles. The van der Waals surface area contributed by atoms with Gasteiger partial charge in [-0.05, 0) is 54.1 Å². The third kappa shape index (κ3) is 3.36.